The van der Waals surface area contributed by atoms with E-state index in [1.54, 1.807) is 19.9 Å². The van der Waals surface area contributed by atoms with Crippen molar-refractivity contribution < 1.29 is 22.5 Å². The molecule has 0 heterocycles. The van der Waals surface area contributed by atoms with Gasteiger partial charge in [-0.3, -0.25) is 4.79 Å². The first kappa shape index (κ1) is 13.6. The predicted molar refractivity (Wildman–Crippen MR) is 68.9 cm³/mol. The number of phenolic OH excluding ortho intramolecular Hbond substituents is 1. The summed E-state index contributed by atoms with van der Waals surface area (Å²) in [7, 11) is -4.23. The Balaban J connectivity index is 2.63. The number of fused-ring (bicyclic) bond motifs is 1. The minimum Gasteiger partial charge on any atom is -0.504 e. The first-order chi connectivity index (χ1) is 8.70. The molecule has 0 saturated heterocycles. The molecule has 1 aromatic carbocycles. The van der Waals surface area contributed by atoms with Gasteiger partial charge in [-0.1, -0.05) is 13.0 Å². The van der Waals surface area contributed by atoms with E-state index in [0.717, 1.165) is 0 Å². The van der Waals surface area contributed by atoms with Crippen molar-refractivity contribution in [1.29, 1.82) is 0 Å². The summed E-state index contributed by atoms with van der Waals surface area (Å²) in [6.45, 7) is 3.37. The second-order valence-corrected chi connectivity index (χ2v) is 5.55. The minimum absolute atomic E-state index is 0.159. The second kappa shape index (κ2) is 4.36. The van der Waals surface area contributed by atoms with Crippen LogP contribution in [-0.4, -0.2) is 19.3 Å². The largest absolute Gasteiger partial charge is 0.504 e. The van der Waals surface area contributed by atoms with Gasteiger partial charge in [0, 0.05) is 11.5 Å². The van der Waals surface area contributed by atoms with Gasteiger partial charge in [-0.25, -0.2) is 0 Å². The van der Waals surface area contributed by atoms with E-state index in [1.807, 2.05) is 0 Å². The van der Waals surface area contributed by atoms with Crippen LogP contribution in [0.15, 0.2) is 18.2 Å². The van der Waals surface area contributed by atoms with E-state index in [4.69, 9.17) is 5.14 Å². The van der Waals surface area contributed by atoms with E-state index in [1.165, 1.54) is 12.1 Å². The highest BCUT2D eigenvalue weighted by Gasteiger charge is 2.28. The van der Waals surface area contributed by atoms with Crippen molar-refractivity contribution in [3.8, 4) is 11.5 Å². The lowest BCUT2D eigenvalue weighted by Gasteiger charge is -2.22. The van der Waals surface area contributed by atoms with Crippen LogP contribution in [0, 0.1) is 0 Å². The monoisotopic (exact) mass is 283 g/mol. The fraction of sp³-hybridized carbons (Fsp3) is 0.250. The molecule has 0 saturated carbocycles. The molecule has 0 aliphatic heterocycles. The quantitative estimate of drug-likeness (QED) is 0.844. The topological polar surface area (TPSA) is 107 Å². The van der Waals surface area contributed by atoms with Crippen molar-refractivity contribution in [2.24, 2.45) is 5.14 Å². The summed E-state index contributed by atoms with van der Waals surface area (Å²) in [5, 5.41) is 14.8. The molecule has 1 aliphatic carbocycles. The summed E-state index contributed by atoms with van der Waals surface area (Å²) in [5.74, 6) is -1.38. The summed E-state index contributed by atoms with van der Waals surface area (Å²) in [4.78, 5) is 11.7. The fourth-order valence-corrected chi connectivity index (χ4v) is 2.51. The van der Waals surface area contributed by atoms with Crippen LogP contribution in [0.2, 0.25) is 0 Å². The molecule has 0 spiro atoms. The summed E-state index contributed by atoms with van der Waals surface area (Å²) >= 11 is 0. The molecular formula is C12H13NO5S. The Bertz CT molecular complexity index is 690. The number of aromatic hydroxyl groups is 1. The van der Waals surface area contributed by atoms with Crippen LogP contribution < -0.4 is 9.32 Å². The molecule has 0 amide bonds. The Labute approximate surface area is 110 Å². The third-order valence-corrected chi connectivity index (χ3v) is 3.44. The van der Waals surface area contributed by atoms with Gasteiger partial charge in [0.1, 0.15) is 0 Å². The Morgan fingerprint density at radius 3 is 2.58 bits per heavy atom. The van der Waals surface area contributed by atoms with E-state index in [9.17, 15) is 18.3 Å². The number of phenols is 1. The fourth-order valence-electron chi connectivity index (χ4n) is 2.12. The number of hydrogen-bond acceptors (Lipinski definition) is 5. The van der Waals surface area contributed by atoms with Crippen LogP contribution in [0.4, 0.5) is 0 Å². The summed E-state index contributed by atoms with van der Waals surface area (Å²) in [5.41, 5.74) is 1.74. The third-order valence-electron chi connectivity index (χ3n) is 3.03. The molecule has 1 aromatic rings. The maximum absolute atomic E-state index is 11.7. The van der Waals surface area contributed by atoms with Crippen LogP contribution in [0.5, 0.6) is 11.5 Å². The molecule has 1 aliphatic rings. The number of carbonyl (C=O) groups is 1. The van der Waals surface area contributed by atoms with Crippen LogP contribution in [0.25, 0.3) is 5.57 Å². The lowest BCUT2D eigenvalue weighted by molar-refractivity contribution is -0.115. The number of rotatable bonds is 2. The first-order valence-corrected chi connectivity index (χ1v) is 6.98. The number of hydrogen-bond donors (Lipinski definition) is 2. The molecule has 0 bridgehead atoms. The number of allylic oxidation sites excluding steroid dienone is 2. The maximum Gasteiger partial charge on any atom is 0.380 e. The van der Waals surface area contributed by atoms with Gasteiger partial charge in [-0.15, -0.1) is 0 Å². The standard InChI is InChI=1S/C12H13NO5S/c1-6-5-9(14)7(2)11-8(6)3-4-10(12(11)15)18-19(13,16)17/h3-5,7,15H,1-2H3,(H2,13,16,17). The smallest absolute Gasteiger partial charge is 0.380 e. The van der Waals surface area contributed by atoms with Gasteiger partial charge < -0.3 is 9.29 Å². The number of carbonyl (C=O) groups excluding carboxylic acids is 1. The van der Waals surface area contributed by atoms with Crippen LogP contribution in [0.3, 0.4) is 0 Å². The van der Waals surface area contributed by atoms with E-state index in [-0.39, 0.29) is 17.3 Å². The van der Waals surface area contributed by atoms with Crippen LogP contribution >= 0.6 is 0 Å². The van der Waals surface area contributed by atoms with Crippen molar-refractivity contribution in [3.05, 3.63) is 29.3 Å². The Morgan fingerprint density at radius 2 is 2.00 bits per heavy atom. The summed E-state index contributed by atoms with van der Waals surface area (Å²) in [6, 6.07) is 2.89. The molecular weight excluding hydrogens is 270 g/mol. The highest BCUT2D eigenvalue weighted by molar-refractivity contribution is 7.84. The highest BCUT2D eigenvalue weighted by atomic mass is 32.2. The van der Waals surface area contributed by atoms with Gasteiger partial charge in [0.2, 0.25) is 0 Å². The number of nitrogens with two attached hydrogens (primary N) is 1. The zero-order valence-electron chi connectivity index (χ0n) is 10.4. The lowest BCUT2D eigenvalue weighted by Crippen LogP contribution is -2.20. The van der Waals surface area contributed by atoms with Crippen LogP contribution in [0.1, 0.15) is 30.9 Å². The third kappa shape index (κ3) is 2.47. The SMILES string of the molecule is CC1=CC(=O)C(C)c2c1ccc(OS(N)(=O)=O)c2O. The average molecular weight is 283 g/mol. The molecule has 0 aromatic heterocycles. The van der Waals surface area contributed by atoms with Gasteiger partial charge in [0.05, 0.1) is 0 Å². The van der Waals surface area contributed by atoms with Gasteiger partial charge in [-0.05, 0) is 30.2 Å². The summed E-state index contributed by atoms with van der Waals surface area (Å²) in [6.07, 6.45) is 1.49. The van der Waals surface area contributed by atoms with E-state index >= 15 is 0 Å². The molecule has 3 N–H and O–H groups in total. The number of ketones is 1. The maximum atomic E-state index is 11.7. The zero-order valence-corrected chi connectivity index (χ0v) is 11.2. The molecule has 6 nitrogen and oxygen atoms in total. The number of benzene rings is 1. The molecule has 7 heteroatoms. The minimum atomic E-state index is -4.23. The molecule has 1 unspecified atom stereocenters. The molecule has 102 valence electrons. The molecule has 19 heavy (non-hydrogen) atoms. The Kier molecular flexibility index (Phi) is 3.11. The first-order valence-electron chi connectivity index (χ1n) is 5.51. The Hall–Kier alpha value is -1.86. The van der Waals surface area contributed by atoms with E-state index < -0.39 is 16.2 Å². The van der Waals surface area contributed by atoms with Crippen molar-refractivity contribution >= 4 is 21.7 Å². The predicted octanol–water partition coefficient (Wildman–Crippen LogP) is 1.06. The van der Waals surface area contributed by atoms with Gasteiger partial charge in [-0.2, -0.15) is 13.6 Å². The second-order valence-electron chi connectivity index (χ2n) is 4.40. The Morgan fingerprint density at radius 1 is 1.37 bits per heavy atom. The van der Waals surface area contributed by atoms with Gasteiger partial charge in [0.25, 0.3) is 0 Å². The van der Waals surface area contributed by atoms with Gasteiger partial charge in [0.15, 0.2) is 17.3 Å². The average Bonchev–Trinajstić information content (AvgIpc) is 2.27. The van der Waals surface area contributed by atoms with E-state index in [0.29, 0.717) is 16.7 Å². The molecule has 0 radical (unpaired) electrons. The summed E-state index contributed by atoms with van der Waals surface area (Å²) < 4.78 is 26.3. The van der Waals surface area contributed by atoms with Crippen molar-refractivity contribution in [2.45, 2.75) is 19.8 Å². The van der Waals surface area contributed by atoms with Crippen molar-refractivity contribution in [1.82, 2.24) is 0 Å². The zero-order chi connectivity index (χ0) is 14.4. The molecule has 0 fully saturated rings. The van der Waals surface area contributed by atoms with Crippen molar-refractivity contribution in [3.63, 3.8) is 0 Å². The molecule has 1 atom stereocenters. The van der Waals surface area contributed by atoms with Crippen molar-refractivity contribution in [2.75, 3.05) is 0 Å². The highest BCUT2D eigenvalue weighted by Crippen LogP contribution is 2.42. The van der Waals surface area contributed by atoms with E-state index in [2.05, 4.69) is 4.18 Å². The molecule has 2 rings (SSSR count). The lowest BCUT2D eigenvalue weighted by atomic mass is 9.83. The van der Waals surface area contributed by atoms with Crippen LogP contribution in [-0.2, 0) is 15.1 Å². The van der Waals surface area contributed by atoms with Gasteiger partial charge >= 0.3 is 10.3 Å². The normalized spacial score (nSPS) is 18.8.